The van der Waals surface area contributed by atoms with Crippen molar-refractivity contribution in [1.29, 1.82) is 0 Å². The lowest BCUT2D eigenvalue weighted by molar-refractivity contribution is 0.687. The minimum absolute atomic E-state index is 0.749. The molecule has 2 aliphatic rings. The standard InChI is InChI=1S/C17H19N3/c1-2-4-16-14(3-1)8-10-20(16)17-11-13(7-9-18-17)12-19-15-5-6-15/h1-4,7,9,11,15,19H,5-6,8,10,12H2. The van der Waals surface area contributed by atoms with Crippen LogP contribution < -0.4 is 10.2 Å². The summed E-state index contributed by atoms with van der Waals surface area (Å²) in [6.45, 7) is 1.99. The van der Waals surface area contributed by atoms with Gasteiger partial charge in [-0.25, -0.2) is 4.98 Å². The number of nitrogens with one attached hydrogen (secondary N) is 1. The Labute approximate surface area is 119 Å². The second kappa shape index (κ2) is 4.91. The van der Waals surface area contributed by atoms with E-state index in [4.69, 9.17) is 0 Å². The quantitative estimate of drug-likeness (QED) is 0.921. The Kier molecular flexibility index (Phi) is 2.92. The Balaban J connectivity index is 1.57. The van der Waals surface area contributed by atoms with Crippen molar-refractivity contribution in [1.82, 2.24) is 10.3 Å². The Hall–Kier alpha value is -1.87. The predicted molar refractivity (Wildman–Crippen MR) is 81.3 cm³/mol. The van der Waals surface area contributed by atoms with Gasteiger partial charge in [0.2, 0.25) is 0 Å². The zero-order chi connectivity index (χ0) is 13.4. The van der Waals surface area contributed by atoms with Gasteiger partial charge in [-0.15, -0.1) is 0 Å². The number of benzene rings is 1. The Morgan fingerprint density at radius 3 is 3.00 bits per heavy atom. The summed E-state index contributed by atoms with van der Waals surface area (Å²) in [6.07, 6.45) is 5.71. The Bertz CT molecular complexity index is 619. The molecule has 4 rings (SSSR count). The molecule has 1 aliphatic heterocycles. The van der Waals surface area contributed by atoms with E-state index in [0.717, 1.165) is 31.4 Å². The molecule has 0 radical (unpaired) electrons. The van der Waals surface area contributed by atoms with Gasteiger partial charge in [-0.2, -0.15) is 0 Å². The first kappa shape index (κ1) is 11.9. The van der Waals surface area contributed by atoms with Crippen LogP contribution >= 0.6 is 0 Å². The third-order valence-corrected chi connectivity index (χ3v) is 4.15. The molecule has 0 spiro atoms. The number of hydrogen-bond acceptors (Lipinski definition) is 3. The number of aromatic nitrogens is 1. The highest BCUT2D eigenvalue weighted by Crippen LogP contribution is 2.33. The van der Waals surface area contributed by atoms with Gasteiger partial charge in [-0.3, -0.25) is 0 Å². The molecule has 0 bridgehead atoms. The first-order valence-electron chi connectivity index (χ1n) is 7.44. The molecule has 0 unspecified atom stereocenters. The van der Waals surface area contributed by atoms with Crippen molar-refractivity contribution >= 4 is 11.5 Å². The van der Waals surface area contributed by atoms with Gasteiger partial charge in [0.15, 0.2) is 0 Å². The number of rotatable bonds is 4. The molecule has 1 aromatic carbocycles. The number of fused-ring (bicyclic) bond motifs is 1. The zero-order valence-electron chi connectivity index (χ0n) is 11.5. The fraction of sp³-hybridized carbons (Fsp3) is 0.353. The zero-order valence-corrected chi connectivity index (χ0v) is 11.5. The van der Waals surface area contributed by atoms with E-state index >= 15 is 0 Å². The smallest absolute Gasteiger partial charge is 0.133 e. The van der Waals surface area contributed by atoms with Crippen LogP contribution in [0.5, 0.6) is 0 Å². The molecule has 0 atom stereocenters. The summed E-state index contributed by atoms with van der Waals surface area (Å²) in [5.41, 5.74) is 4.06. The Morgan fingerprint density at radius 2 is 2.10 bits per heavy atom. The first-order valence-corrected chi connectivity index (χ1v) is 7.44. The third-order valence-electron chi connectivity index (χ3n) is 4.15. The average molecular weight is 265 g/mol. The van der Waals surface area contributed by atoms with Crippen LogP contribution in [-0.2, 0) is 13.0 Å². The molecule has 1 N–H and O–H groups in total. The molecule has 2 heterocycles. The van der Waals surface area contributed by atoms with Crippen molar-refractivity contribution in [3.05, 3.63) is 53.7 Å². The molecule has 1 aromatic heterocycles. The van der Waals surface area contributed by atoms with E-state index in [9.17, 15) is 0 Å². The van der Waals surface area contributed by atoms with E-state index in [0.29, 0.717) is 0 Å². The fourth-order valence-electron chi connectivity index (χ4n) is 2.84. The summed E-state index contributed by atoms with van der Waals surface area (Å²) in [6, 6.07) is 13.7. The normalized spacial score (nSPS) is 17.3. The maximum absolute atomic E-state index is 4.56. The highest BCUT2D eigenvalue weighted by atomic mass is 15.2. The summed E-state index contributed by atoms with van der Waals surface area (Å²) in [7, 11) is 0. The number of nitrogens with zero attached hydrogens (tertiary/aromatic N) is 2. The summed E-state index contributed by atoms with van der Waals surface area (Å²) in [5, 5.41) is 3.56. The lowest BCUT2D eigenvalue weighted by Gasteiger charge is -2.19. The van der Waals surface area contributed by atoms with Crippen LogP contribution in [0.4, 0.5) is 11.5 Å². The number of para-hydroxylation sites is 1. The molecule has 0 amide bonds. The minimum atomic E-state index is 0.749. The van der Waals surface area contributed by atoms with Gasteiger partial charge >= 0.3 is 0 Å². The predicted octanol–water partition coefficient (Wildman–Crippen LogP) is 3.03. The van der Waals surface area contributed by atoms with E-state index < -0.39 is 0 Å². The van der Waals surface area contributed by atoms with Gasteiger partial charge < -0.3 is 10.2 Å². The van der Waals surface area contributed by atoms with Crippen molar-refractivity contribution in [2.45, 2.75) is 31.8 Å². The van der Waals surface area contributed by atoms with Gasteiger partial charge in [0, 0.05) is 31.0 Å². The topological polar surface area (TPSA) is 28.2 Å². The molecule has 1 fully saturated rings. The second-order valence-electron chi connectivity index (χ2n) is 5.71. The molecule has 1 aliphatic carbocycles. The molecule has 3 nitrogen and oxygen atoms in total. The first-order chi connectivity index (χ1) is 9.90. The van der Waals surface area contributed by atoms with Crippen molar-refractivity contribution < 1.29 is 0 Å². The van der Waals surface area contributed by atoms with Crippen molar-refractivity contribution in [2.75, 3.05) is 11.4 Å². The van der Waals surface area contributed by atoms with Gasteiger partial charge in [0.1, 0.15) is 5.82 Å². The average Bonchev–Trinajstić information content (AvgIpc) is 3.23. The third kappa shape index (κ3) is 2.29. The number of hydrogen-bond donors (Lipinski definition) is 1. The van der Waals surface area contributed by atoms with Crippen LogP contribution in [0.3, 0.4) is 0 Å². The fourth-order valence-corrected chi connectivity index (χ4v) is 2.84. The van der Waals surface area contributed by atoms with Crippen LogP contribution in [-0.4, -0.2) is 17.6 Å². The maximum Gasteiger partial charge on any atom is 0.133 e. The van der Waals surface area contributed by atoms with Crippen LogP contribution in [0.15, 0.2) is 42.6 Å². The van der Waals surface area contributed by atoms with Crippen LogP contribution in [0.25, 0.3) is 0 Å². The van der Waals surface area contributed by atoms with E-state index in [1.165, 1.54) is 29.7 Å². The van der Waals surface area contributed by atoms with E-state index in [-0.39, 0.29) is 0 Å². The van der Waals surface area contributed by atoms with Gasteiger partial charge in [-0.05, 0) is 48.6 Å². The molecular formula is C17H19N3. The van der Waals surface area contributed by atoms with E-state index in [2.05, 4.69) is 51.6 Å². The molecule has 1 saturated carbocycles. The van der Waals surface area contributed by atoms with Crippen molar-refractivity contribution in [3.63, 3.8) is 0 Å². The molecule has 102 valence electrons. The molecule has 0 saturated heterocycles. The van der Waals surface area contributed by atoms with E-state index in [1.54, 1.807) is 0 Å². The lowest BCUT2D eigenvalue weighted by Crippen LogP contribution is -2.17. The number of anilines is 2. The largest absolute Gasteiger partial charge is 0.326 e. The molecule has 20 heavy (non-hydrogen) atoms. The monoisotopic (exact) mass is 265 g/mol. The summed E-state index contributed by atoms with van der Waals surface area (Å²) < 4.78 is 0. The lowest BCUT2D eigenvalue weighted by atomic mass is 10.2. The second-order valence-corrected chi connectivity index (χ2v) is 5.71. The maximum atomic E-state index is 4.56. The summed E-state index contributed by atoms with van der Waals surface area (Å²) >= 11 is 0. The molecule has 2 aromatic rings. The number of pyridine rings is 1. The minimum Gasteiger partial charge on any atom is -0.326 e. The van der Waals surface area contributed by atoms with Gasteiger partial charge in [0.05, 0.1) is 0 Å². The van der Waals surface area contributed by atoms with Gasteiger partial charge in [0.25, 0.3) is 0 Å². The molecule has 3 heteroatoms. The molecular weight excluding hydrogens is 246 g/mol. The summed E-state index contributed by atoms with van der Waals surface area (Å²) in [5.74, 6) is 1.07. The van der Waals surface area contributed by atoms with Gasteiger partial charge in [-0.1, -0.05) is 18.2 Å². The van der Waals surface area contributed by atoms with Crippen molar-refractivity contribution in [2.24, 2.45) is 0 Å². The van der Waals surface area contributed by atoms with Crippen molar-refractivity contribution in [3.8, 4) is 0 Å². The van der Waals surface area contributed by atoms with Crippen LogP contribution in [0, 0.1) is 0 Å². The highest BCUT2D eigenvalue weighted by Gasteiger charge is 2.22. The highest BCUT2D eigenvalue weighted by molar-refractivity contribution is 5.67. The summed E-state index contributed by atoms with van der Waals surface area (Å²) in [4.78, 5) is 6.89. The van der Waals surface area contributed by atoms with E-state index in [1.807, 2.05) is 6.20 Å². The SMILES string of the molecule is c1ccc2c(c1)CCN2c1cc(CNC2CC2)ccn1. The van der Waals surface area contributed by atoms with Crippen LogP contribution in [0.2, 0.25) is 0 Å². The Morgan fingerprint density at radius 1 is 1.20 bits per heavy atom. The van der Waals surface area contributed by atoms with Crippen LogP contribution in [0.1, 0.15) is 24.0 Å².